The quantitative estimate of drug-likeness (QED) is 0.303. The number of carbonyl (C=O) groups excluding carboxylic acids is 2. The predicted molar refractivity (Wildman–Crippen MR) is 123 cm³/mol. The monoisotopic (exact) mass is 548 g/mol. The summed E-state index contributed by atoms with van der Waals surface area (Å²) in [5.41, 5.74) is -2.47. The van der Waals surface area contributed by atoms with Crippen LogP contribution in [0.2, 0.25) is 0 Å². The number of benzene rings is 2. The van der Waals surface area contributed by atoms with Crippen LogP contribution in [-0.4, -0.2) is 37.2 Å². The molecule has 1 heterocycles. The zero-order valence-corrected chi connectivity index (χ0v) is 20.8. The molecule has 0 spiro atoms. The summed E-state index contributed by atoms with van der Waals surface area (Å²) >= 11 is 0. The molecule has 13 heteroatoms. The molecule has 2 aromatic carbocycles. The molecule has 1 aliphatic rings. The van der Waals surface area contributed by atoms with Crippen molar-refractivity contribution >= 4 is 17.7 Å². The van der Waals surface area contributed by atoms with Crippen molar-refractivity contribution in [2.75, 3.05) is 25.3 Å². The van der Waals surface area contributed by atoms with Crippen molar-refractivity contribution < 1.29 is 50.2 Å². The topological polar surface area (TPSA) is 68.3 Å². The van der Waals surface area contributed by atoms with E-state index in [-0.39, 0.29) is 31.2 Å². The van der Waals surface area contributed by atoms with E-state index in [9.17, 15) is 35.9 Å². The molecule has 7 nitrogen and oxygen atoms in total. The molecule has 0 aliphatic carbocycles. The van der Waals surface area contributed by atoms with Crippen LogP contribution in [0, 0.1) is 0 Å². The summed E-state index contributed by atoms with van der Waals surface area (Å²) < 4.78 is 90.5. The smallest absolute Gasteiger partial charge is 0.497 e. The van der Waals surface area contributed by atoms with E-state index in [0.29, 0.717) is 35.6 Å². The van der Waals surface area contributed by atoms with Crippen LogP contribution in [0.5, 0.6) is 5.75 Å². The number of amides is 1. The van der Waals surface area contributed by atoms with Crippen molar-refractivity contribution in [3.8, 4) is 5.75 Å². The fraction of sp³-hybridized carbons (Fsp3) is 0.440. The maximum atomic E-state index is 13.4. The third kappa shape index (κ3) is 6.81. The number of alkyl halides is 6. The fourth-order valence-corrected chi connectivity index (χ4v) is 4.26. The fourth-order valence-electron chi connectivity index (χ4n) is 4.26. The molecule has 0 saturated carbocycles. The zero-order chi connectivity index (χ0) is 28.3. The molecule has 1 aliphatic heterocycles. The van der Waals surface area contributed by atoms with Gasteiger partial charge in [0.05, 0.1) is 43.1 Å². The van der Waals surface area contributed by atoms with Crippen molar-refractivity contribution in [3.63, 3.8) is 0 Å². The molecule has 0 fully saturated rings. The van der Waals surface area contributed by atoms with Gasteiger partial charge in [-0.25, -0.2) is 9.86 Å². The lowest BCUT2D eigenvalue weighted by molar-refractivity contribution is -0.143. The van der Waals surface area contributed by atoms with Gasteiger partial charge in [0, 0.05) is 19.0 Å². The largest absolute Gasteiger partial charge is 0.533 e. The lowest BCUT2D eigenvalue weighted by Crippen LogP contribution is -2.33. The van der Waals surface area contributed by atoms with Crippen molar-refractivity contribution in [3.05, 3.63) is 58.7 Å². The van der Waals surface area contributed by atoms with E-state index in [2.05, 4.69) is 0 Å². The van der Waals surface area contributed by atoms with Crippen molar-refractivity contribution in [2.45, 2.75) is 51.6 Å². The number of hydrogen-bond acceptors (Lipinski definition) is 6. The third-order valence-corrected chi connectivity index (χ3v) is 5.93. The number of rotatable bonds is 6. The van der Waals surface area contributed by atoms with Gasteiger partial charge in [0.2, 0.25) is 5.91 Å². The Balaban J connectivity index is 2.07. The minimum Gasteiger partial charge on any atom is -0.497 e. The lowest BCUT2D eigenvalue weighted by atomic mass is 9.97. The minimum atomic E-state index is -5.02. The van der Waals surface area contributed by atoms with Crippen LogP contribution in [0.25, 0.3) is 0 Å². The summed E-state index contributed by atoms with van der Waals surface area (Å²) in [6.45, 7) is 2.52. The van der Waals surface area contributed by atoms with Crippen LogP contribution in [0.3, 0.4) is 0 Å². The van der Waals surface area contributed by atoms with Crippen molar-refractivity contribution in [1.29, 1.82) is 0 Å². The Bertz CT molecular complexity index is 1140. The molecule has 38 heavy (non-hydrogen) atoms. The Morgan fingerprint density at radius 3 is 2.18 bits per heavy atom. The molecule has 0 N–H and O–H groups in total. The van der Waals surface area contributed by atoms with E-state index in [4.69, 9.17) is 14.3 Å². The Labute approximate surface area is 214 Å². The van der Waals surface area contributed by atoms with Gasteiger partial charge in [-0.2, -0.15) is 26.3 Å². The van der Waals surface area contributed by atoms with Gasteiger partial charge in [-0.1, -0.05) is 0 Å². The van der Waals surface area contributed by atoms with Crippen molar-refractivity contribution in [2.24, 2.45) is 0 Å². The number of hydrogen-bond donors (Lipinski definition) is 0. The number of fused-ring (bicyclic) bond motifs is 1. The molecule has 3 rings (SSSR count). The molecule has 0 bridgehead atoms. The first-order chi connectivity index (χ1) is 17.7. The van der Waals surface area contributed by atoms with Gasteiger partial charge in [-0.05, 0) is 61.7 Å². The lowest BCUT2D eigenvalue weighted by Gasteiger charge is -2.32. The SMILES string of the molecule is CCOC(=O)ON1CCCC(N(Cc2cc(C(F)(F)F)cc(C(F)(F)F)c2)C(C)=O)c2cc(OC)ccc21. The maximum Gasteiger partial charge on any atom is 0.533 e. The predicted octanol–water partition coefficient (Wildman–Crippen LogP) is 6.51. The number of halogens is 6. The molecule has 0 saturated heterocycles. The second kappa shape index (κ2) is 11.4. The highest BCUT2D eigenvalue weighted by Crippen LogP contribution is 2.41. The molecule has 1 amide bonds. The number of carbonyl (C=O) groups is 2. The molecule has 0 aromatic heterocycles. The Hall–Kier alpha value is -3.64. The molecule has 0 radical (unpaired) electrons. The van der Waals surface area contributed by atoms with Crippen LogP contribution >= 0.6 is 0 Å². The molecular weight excluding hydrogens is 522 g/mol. The van der Waals surface area contributed by atoms with Crippen LogP contribution in [0.1, 0.15) is 55.0 Å². The molecule has 1 unspecified atom stereocenters. The first-order valence-electron chi connectivity index (χ1n) is 11.6. The molecule has 2 aromatic rings. The highest BCUT2D eigenvalue weighted by atomic mass is 19.4. The van der Waals surface area contributed by atoms with E-state index in [1.807, 2.05) is 0 Å². The molecule has 208 valence electrons. The second-order valence-corrected chi connectivity index (χ2v) is 8.52. The van der Waals surface area contributed by atoms with Gasteiger partial charge < -0.3 is 19.2 Å². The van der Waals surface area contributed by atoms with Gasteiger partial charge in [0.1, 0.15) is 5.75 Å². The first-order valence-corrected chi connectivity index (χ1v) is 11.6. The standard InChI is InChI=1S/C25H26F6N2O5/c1-4-37-23(35)38-33-9-5-6-21(20-13-19(36-3)7-8-22(20)33)32(15(2)34)14-16-10-17(24(26,27)28)12-18(11-16)25(29,30)31/h7-8,10-13,21H,4-6,9,14H2,1-3H3. The summed E-state index contributed by atoms with van der Waals surface area (Å²) in [7, 11) is 1.41. The third-order valence-electron chi connectivity index (χ3n) is 5.93. The van der Waals surface area contributed by atoms with E-state index < -0.39 is 48.1 Å². The summed E-state index contributed by atoms with van der Waals surface area (Å²) in [6.07, 6.45) is -10.4. The van der Waals surface area contributed by atoms with Gasteiger partial charge in [0.25, 0.3) is 0 Å². The highest BCUT2D eigenvalue weighted by Gasteiger charge is 2.38. The van der Waals surface area contributed by atoms with Gasteiger partial charge in [-0.15, -0.1) is 0 Å². The summed E-state index contributed by atoms with van der Waals surface area (Å²) in [6, 6.07) is 5.21. The Morgan fingerprint density at radius 1 is 1.03 bits per heavy atom. The zero-order valence-electron chi connectivity index (χ0n) is 20.8. The molecule has 1 atom stereocenters. The number of nitrogens with zero attached hydrogens (tertiary/aromatic N) is 2. The van der Waals surface area contributed by atoms with Gasteiger partial charge >= 0.3 is 18.5 Å². The highest BCUT2D eigenvalue weighted by molar-refractivity contribution is 5.75. The first kappa shape index (κ1) is 28.9. The maximum absolute atomic E-state index is 13.4. The van der Waals surface area contributed by atoms with Crippen LogP contribution in [0.15, 0.2) is 36.4 Å². The number of anilines is 1. The normalized spacial score (nSPS) is 15.8. The van der Waals surface area contributed by atoms with Gasteiger partial charge in [-0.3, -0.25) is 4.79 Å². The van der Waals surface area contributed by atoms with E-state index >= 15 is 0 Å². The van der Waals surface area contributed by atoms with Gasteiger partial charge in [0.15, 0.2) is 0 Å². The van der Waals surface area contributed by atoms with E-state index in [0.717, 1.165) is 0 Å². The summed E-state index contributed by atoms with van der Waals surface area (Å²) in [5.74, 6) is -0.192. The van der Waals surface area contributed by atoms with Crippen LogP contribution in [-0.2, 0) is 33.3 Å². The summed E-state index contributed by atoms with van der Waals surface area (Å²) in [5, 5.41) is 1.27. The Morgan fingerprint density at radius 2 is 1.66 bits per heavy atom. The van der Waals surface area contributed by atoms with Crippen LogP contribution in [0.4, 0.5) is 36.8 Å². The summed E-state index contributed by atoms with van der Waals surface area (Å²) in [4.78, 5) is 31.3. The number of methoxy groups -OCH3 is 1. The molecular formula is C25H26F6N2O5. The van der Waals surface area contributed by atoms with Crippen LogP contribution < -0.4 is 9.80 Å². The van der Waals surface area contributed by atoms with Crippen molar-refractivity contribution in [1.82, 2.24) is 4.90 Å². The van der Waals surface area contributed by atoms with E-state index in [1.54, 1.807) is 25.1 Å². The second-order valence-electron chi connectivity index (χ2n) is 8.52. The number of hydroxylamine groups is 1. The Kier molecular flexibility index (Phi) is 8.68. The average molecular weight is 548 g/mol. The van der Waals surface area contributed by atoms with E-state index in [1.165, 1.54) is 24.0 Å². The average Bonchev–Trinajstić information content (AvgIpc) is 3.00. The minimum absolute atomic E-state index is 0.0397. The number of ether oxygens (including phenoxy) is 2.